The molecular formula is C17H17Cl2FN2O4S. The number of amides is 1. The molecule has 0 saturated carbocycles. The maximum atomic E-state index is 13.6. The lowest BCUT2D eigenvalue weighted by Gasteiger charge is -2.21. The third-order valence-corrected chi connectivity index (χ3v) is 5.94. The Morgan fingerprint density at radius 3 is 2.37 bits per heavy atom. The Bertz CT molecular complexity index is 934. The molecule has 6 nitrogen and oxygen atoms in total. The maximum Gasteiger partial charge on any atom is 0.247 e. The SMILES string of the molecule is CCN(CC(=O)Nc1cc(Cl)cc(Cl)c1)S(=O)(=O)c1cc(F)ccc1OC. The van der Waals surface area contributed by atoms with Gasteiger partial charge in [0.1, 0.15) is 16.5 Å². The molecule has 146 valence electrons. The highest BCUT2D eigenvalue weighted by molar-refractivity contribution is 7.89. The zero-order valence-electron chi connectivity index (χ0n) is 14.5. The van der Waals surface area contributed by atoms with Crippen LogP contribution in [0.15, 0.2) is 41.3 Å². The van der Waals surface area contributed by atoms with Crippen LogP contribution in [-0.4, -0.2) is 38.8 Å². The summed E-state index contributed by atoms with van der Waals surface area (Å²) in [6.07, 6.45) is 0. The first-order valence-corrected chi connectivity index (χ1v) is 9.96. The number of hydrogen-bond donors (Lipinski definition) is 1. The predicted octanol–water partition coefficient (Wildman–Crippen LogP) is 3.79. The molecule has 2 rings (SSSR count). The zero-order valence-corrected chi connectivity index (χ0v) is 16.8. The lowest BCUT2D eigenvalue weighted by molar-refractivity contribution is -0.116. The first kappa shape index (κ1) is 21.4. The van der Waals surface area contributed by atoms with Gasteiger partial charge in [0.15, 0.2) is 0 Å². The summed E-state index contributed by atoms with van der Waals surface area (Å²) in [5.74, 6) is -1.35. The van der Waals surface area contributed by atoms with Gasteiger partial charge in [-0.15, -0.1) is 0 Å². The van der Waals surface area contributed by atoms with Crippen molar-refractivity contribution < 1.29 is 22.3 Å². The second kappa shape index (κ2) is 8.88. The van der Waals surface area contributed by atoms with Crippen molar-refractivity contribution in [2.45, 2.75) is 11.8 Å². The molecule has 0 radical (unpaired) electrons. The molecule has 0 spiro atoms. The Hall–Kier alpha value is -1.87. The quantitative estimate of drug-likeness (QED) is 0.718. The minimum absolute atomic E-state index is 0.00821. The van der Waals surface area contributed by atoms with Crippen LogP contribution in [0.4, 0.5) is 10.1 Å². The van der Waals surface area contributed by atoms with E-state index in [1.807, 2.05) is 0 Å². The van der Waals surface area contributed by atoms with Gasteiger partial charge < -0.3 is 10.1 Å². The molecule has 0 unspecified atom stereocenters. The summed E-state index contributed by atoms with van der Waals surface area (Å²) in [6, 6.07) is 7.61. The number of sulfonamides is 1. The molecule has 0 heterocycles. The number of rotatable bonds is 7. The predicted molar refractivity (Wildman–Crippen MR) is 102 cm³/mol. The van der Waals surface area contributed by atoms with Crippen LogP contribution in [-0.2, 0) is 14.8 Å². The van der Waals surface area contributed by atoms with E-state index in [1.165, 1.54) is 31.4 Å². The van der Waals surface area contributed by atoms with E-state index in [2.05, 4.69) is 5.32 Å². The number of benzene rings is 2. The van der Waals surface area contributed by atoms with Crippen LogP contribution in [0.2, 0.25) is 10.0 Å². The zero-order chi connectivity index (χ0) is 20.2. The molecule has 10 heteroatoms. The fourth-order valence-electron chi connectivity index (χ4n) is 2.34. The number of carbonyl (C=O) groups excluding carboxylic acids is 1. The third-order valence-electron chi connectivity index (χ3n) is 3.56. The van der Waals surface area contributed by atoms with Crippen molar-refractivity contribution in [2.24, 2.45) is 0 Å². The van der Waals surface area contributed by atoms with Crippen molar-refractivity contribution in [2.75, 3.05) is 25.5 Å². The molecule has 0 bridgehead atoms. The summed E-state index contributed by atoms with van der Waals surface area (Å²) in [5, 5.41) is 3.18. The van der Waals surface area contributed by atoms with Gasteiger partial charge in [0.25, 0.3) is 0 Å². The Balaban J connectivity index is 2.25. The van der Waals surface area contributed by atoms with Gasteiger partial charge in [-0.05, 0) is 36.4 Å². The number of halogens is 3. The highest BCUT2D eigenvalue weighted by Gasteiger charge is 2.29. The molecule has 0 atom stereocenters. The van der Waals surface area contributed by atoms with Crippen LogP contribution >= 0.6 is 23.2 Å². The molecule has 0 saturated heterocycles. The molecule has 1 amide bonds. The largest absolute Gasteiger partial charge is 0.495 e. The van der Waals surface area contributed by atoms with Gasteiger partial charge in [0, 0.05) is 22.3 Å². The van der Waals surface area contributed by atoms with E-state index < -0.39 is 28.3 Å². The Kier molecular flexibility index (Phi) is 7.05. The molecule has 1 N–H and O–H groups in total. The molecule has 27 heavy (non-hydrogen) atoms. The topological polar surface area (TPSA) is 75.7 Å². The number of likely N-dealkylation sites (N-methyl/N-ethyl adjacent to an activating group) is 1. The highest BCUT2D eigenvalue weighted by Crippen LogP contribution is 2.27. The van der Waals surface area contributed by atoms with Crippen LogP contribution in [0.25, 0.3) is 0 Å². The van der Waals surface area contributed by atoms with E-state index in [0.717, 1.165) is 16.4 Å². The van der Waals surface area contributed by atoms with E-state index in [4.69, 9.17) is 27.9 Å². The minimum Gasteiger partial charge on any atom is -0.495 e. The fourth-order valence-corrected chi connectivity index (χ4v) is 4.44. The van der Waals surface area contributed by atoms with Crippen molar-refractivity contribution in [3.05, 3.63) is 52.3 Å². The maximum absolute atomic E-state index is 13.6. The Morgan fingerprint density at radius 2 is 1.81 bits per heavy atom. The molecule has 0 aliphatic carbocycles. The fraction of sp³-hybridized carbons (Fsp3) is 0.235. The van der Waals surface area contributed by atoms with Gasteiger partial charge in [-0.3, -0.25) is 4.79 Å². The average Bonchev–Trinajstić information content (AvgIpc) is 2.58. The van der Waals surface area contributed by atoms with Gasteiger partial charge in [0.05, 0.1) is 13.7 Å². The summed E-state index contributed by atoms with van der Waals surface area (Å²) >= 11 is 11.8. The number of carbonyl (C=O) groups is 1. The van der Waals surface area contributed by atoms with Gasteiger partial charge in [-0.2, -0.15) is 4.31 Å². The molecule has 0 fully saturated rings. The summed E-state index contributed by atoms with van der Waals surface area (Å²) in [7, 11) is -2.89. The van der Waals surface area contributed by atoms with Crippen molar-refractivity contribution in [1.82, 2.24) is 4.31 Å². The van der Waals surface area contributed by atoms with E-state index in [1.54, 1.807) is 6.92 Å². The van der Waals surface area contributed by atoms with Gasteiger partial charge in [-0.25, -0.2) is 12.8 Å². The monoisotopic (exact) mass is 434 g/mol. The average molecular weight is 435 g/mol. The van der Waals surface area contributed by atoms with Crippen LogP contribution in [0.3, 0.4) is 0 Å². The standard InChI is InChI=1S/C17H17Cl2FN2O4S/c1-3-22(10-17(23)21-14-7-11(18)6-12(19)8-14)27(24,25)16-9-13(20)4-5-15(16)26-2/h4-9H,3,10H2,1-2H3,(H,21,23). The lowest BCUT2D eigenvalue weighted by atomic mass is 10.3. The van der Waals surface area contributed by atoms with Gasteiger partial charge in [-0.1, -0.05) is 30.1 Å². The van der Waals surface area contributed by atoms with Crippen molar-refractivity contribution in [3.63, 3.8) is 0 Å². The second-order valence-electron chi connectivity index (χ2n) is 5.43. The summed E-state index contributed by atoms with van der Waals surface area (Å²) in [5.41, 5.74) is 0.328. The van der Waals surface area contributed by atoms with E-state index in [9.17, 15) is 17.6 Å². The molecule has 2 aromatic rings. The first-order chi connectivity index (χ1) is 12.7. The number of methoxy groups -OCH3 is 1. The highest BCUT2D eigenvalue weighted by atomic mass is 35.5. The second-order valence-corrected chi connectivity index (χ2v) is 8.21. The molecule has 0 aromatic heterocycles. The van der Waals surface area contributed by atoms with E-state index in [-0.39, 0.29) is 17.2 Å². The summed E-state index contributed by atoms with van der Waals surface area (Å²) in [6.45, 7) is 1.07. The Labute approximate surface area is 166 Å². The van der Waals surface area contributed by atoms with E-state index in [0.29, 0.717) is 15.7 Å². The first-order valence-electron chi connectivity index (χ1n) is 7.77. The molecule has 0 aliphatic heterocycles. The van der Waals surface area contributed by atoms with Gasteiger partial charge >= 0.3 is 0 Å². The smallest absolute Gasteiger partial charge is 0.247 e. The van der Waals surface area contributed by atoms with Gasteiger partial charge in [0.2, 0.25) is 15.9 Å². The minimum atomic E-state index is -4.16. The molecular weight excluding hydrogens is 418 g/mol. The normalized spacial score (nSPS) is 11.5. The number of nitrogens with zero attached hydrogens (tertiary/aromatic N) is 1. The third kappa shape index (κ3) is 5.32. The van der Waals surface area contributed by atoms with Crippen molar-refractivity contribution in [3.8, 4) is 5.75 Å². The summed E-state index contributed by atoms with van der Waals surface area (Å²) in [4.78, 5) is 11.9. The number of anilines is 1. The molecule has 2 aromatic carbocycles. The number of ether oxygens (including phenoxy) is 1. The van der Waals surface area contributed by atoms with Crippen molar-refractivity contribution in [1.29, 1.82) is 0 Å². The number of hydrogen-bond acceptors (Lipinski definition) is 4. The van der Waals surface area contributed by atoms with Crippen LogP contribution < -0.4 is 10.1 Å². The number of nitrogens with one attached hydrogen (secondary N) is 1. The van der Waals surface area contributed by atoms with Crippen LogP contribution in [0, 0.1) is 5.82 Å². The summed E-state index contributed by atoms with van der Waals surface area (Å²) < 4.78 is 45.2. The molecule has 0 aliphatic rings. The van der Waals surface area contributed by atoms with Crippen molar-refractivity contribution >= 4 is 44.8 Å². The van der Waals surface area contributed by atoms with Crippen LogP contribution in [0.1, 0.15) is 6.92 Å². The lowest BCUT2D eigenvalue weighted by Crippen LogP contribution is -2.38. The van der Waals surface area contributed by atoms with Crippen LogP contribution in [0.5, 0.6) is 5.75 Å². The van der Waals surface area contributed by atoms with E-state index >= 15 is 0 Å². The Morgan fingerprint density at radius 1 is 1.19 bits per heavy atom.